The van der Waals surface area contributed by atoms with Gasteiger partial charge in [0.1, 0.15) is 6.61 Å². The molecule has 1 spiro atoms. The van der Waals surface area contributed by atoms with E-state index in [0.717, 1.165) is 19.4 Å². The summed E-state index contributed by atoms with van der Waals surface area (Å²) in [4.78, 5) is 11.5. The summed E-state index contributed by atoms with van der Waals surface area (Å²) < 4.78 is 4.85. The number of nitrogens with one attached hydrogen (secondary N) is 2. The molecule has 2 fully saturated rings. The van der Waals surface area contributed by atoms with E-state index in [1.807, 2.05) is 0 Å². The molecule has 2 N–H and O–H groups in total. The van der Waals surface area contributed by atoms with E-state index in [1.165, 1.54) is 32.1 Å². The minimum atomic E-state index is 0.0189. The lowest BCUT2D eigenvalue weighted by Crippen LogP contribution is -2.57. The maximum Gasteiger partial charge on any atom is 0.246 e. The zero-order valence-corrected chi connectivity index (χ0v) is 10.8. The molecule has 0 radical (unpaired) electrons. The summed E-state index contributed by atoms with van der Waals surface area (Å²) >= 11 is 0. The highest BCUT2D eigenvalue weighted by atomic mass is 16.5. The van der Waals surface area contributed by atoms with Crippen molar-refractivity contribution in [1.82, 2.24) is 10.6 Å². The lowest BCUT2D eigenvalue weighted by Gasteiger charge is -2.44. The highest BCUT2D eigenvalue weighted by Crippen LogP contribution is 2.34. The average Bonchev–Trinajstić information content (AvgIpc) is 2.30. The van der Waals surface area contributed by atoms with E-state index in [4.69, 9.17) is 4.74 Å². The quantitative estimate of drug-likeness (QED) is 0.779. The molecular weight excluding hydrogens is 216 g/mol. The molecule has 0 aromatic heterocycles. The van der Waals surface area contributed by atoms with Crippen LogP contribution >= 0.6 is 0 Å². The molecule has 1 heterocycles. The van der Waals surface area contributed by atoms with Gasteiger partial charge in [-0.15, -0.1) is 0 Å². The van der Waals surface area contributed by atoms with Gasteiger partial charge in [-0.3, -0.25) is 4.79 Å². The van der Waals surface area contributed by atoms with Crippen molar-refractivity contribution in [1.29, 1.82) is 0 Å². The molecule has 0 aromatic rings. The van der Waals surface area contributed by atoms with Crippen LogP contribution in [-0.4, -0.2) is 37.7 Å². The van der Waals surface area contributed by atoms with Gasteiger partial charge in [0.2, 0.25) is 5.91 Å². The Kier molecular flexibility index (Phi) is 4.40. The van der Waals surface area contributed by atoms with Crippen molar-refractivity contribution in [3.8, 4) is 0 Å². The van der Waals surface area contributed by atoms with Crippen molar-refractivity contribution >= 4 is 5.91 Å². The molecule has 1 aliphatic heterocycles. The third-order valence-electron chi connectivity index (χ3n) is 4.08. The first-order valence-electron chi connectivity index (χ1n) is 6.77. The summed E-state index contributed by atoms with van der Waals surface area (Å²) in [6.45, 7) is 1.20. The number of hydrogen-bond acceptors (Lipinski definition) is 3. The molecular formula is C13H24N2O2. The van der Waals surface area contributed by atoms with E-state index in [9.17, 15) is 4.79 Å². The molecule has 2 rings (SSSR count). The predicted octanol–water partition coefficient (Wildman–Crippen LogP) is 1.20. The highest BCUT2D eigenvalue weighted by molar-refractivity contribution is 5.77. The molecule has 1 saturated carbocycles. The zero-order valence-electron chi connectivity index (χ0n) is 10.8. The Morgan fingerprint density at radius 2 is 2.18 bits per heavy atom. The van der Waals surface area contributed by atoms with Crippen molar-refractivity contribution in [2.24, 2.45) is 0 Å². The second kappa shape index (κ2) is 5.83. The van der Waals surface area contributed by atoms with E-state index in [2.05, 4.69) is 10.6 Å². The molecule has 1 atom stereocenters. The predicted molar refractivity (Wildman–Crippen MR) is 66.9 cm³/mol. The van der Waals surface area contributed by atoms with Crippen LogP contribution in [-0.2, 0) is 9.53 Å². The number of ether oxygens (including phenoxy) is 1. The van der Waals surface area contributed by atoms with E-state index in [1.54, 1.807) is 7.11 Å². The molecule has 1 saturated heterocycles. The van der Waals surface area contributed by atoms with Crippen molar-refractivity contribution in [3.63, 3.8) is 0 Å². The van der Waals surface area contributed by atoms with Gasteiger partial charge in [-0.1, -0.05) is 19.3 Å². The Morgan fingerprint density at radius 3 is 2.88 bits per heavy atom. The van der Waals surface area contributed by atoms with E-state index >= 15 is 0 Å². The monoisotopic (exact) mass is 240 g/mol. The molecule has 2 aliphatic rings. The first-order valence-corrected chi connectivity index (χ1v) is 6.77. The number of carbonyl (C=O) groups is 1. The van der Waals surface area contributed by atoms with Gasteiger partial charge in [0.05, 0.1) is 0 Å². The molecule has 1 amide bonds. The minimum Gasteiger partial charge on any atom is -0.375 e. The fourth-order valence-corrected chi connectivity index (χ4v) is 3.29. The van der Waals surface area contributed by atoms with E-state index in [-0.39, 0.29) is 12.5 Å². The van der Waals surface area contributed by atoms with Gasteiger partial charge < -0.3 is 15.4 Å². The van der Waals surface area contributed by atoms with Crippen molar-refractivity contribution in [3.05, 3.63) is 0 Å². The Balaban J connectivity index is 1.85. The summed E-state index contributed by atoms with van der Waals surface area (Å²) in [5.74, 6) is 0.0189. The number of rotatable bonds is 3. The summed E-state index contributed by atoms with van der Waals surface area (Å²) in [5.41, 5.74) is 0.307. The molecule has 1 aliphatic carbocycles. The molecule has 1 unspecified atom stereocenters. The van der Waals surface area contributed by atoms with E-state index < -0.39 is 0 Å². The van der Waals surface area contributed by atoms with Crippen LogP contribution in [0, 0.1) is 0 Å². The van der Waals surface area contributed by atoms with E-state index in [0.29, 0.717) is 11.6 Å². The largest absolute Gasteiger partial charge is 0.375 e. The first kappa shape index (κ1) is 12.8. The van der Waals surface area contributed by atoms with Crippen LogP contribution in [0.2, 0.25) is 0 Å². The first-order chi connectivity index (χ1) is 8.24. The smallest absolute Gasteiger partial charge is 0.246 e. The Hall–Kier alpha value is -0.610. The van der Waals surface area contributed by atoms with Crippen LogP contribution in [0.4, 0.5) is 0 Å². The van der Waals surface area contributed by atoms with Gasteiger partial charge in [0, 0.05) is 18.7 Å². The SMILES string of the molecule is COCC(=O)NC1CCNC2(CCCCC2)C1. The van der Waals surface area contributed by atoms with Crippen molar-refractivity contribution < 1.29 is 9.53 Å². The van der Waals surface area contributed by atoms with Crippen molar-refractivity contribution in [2.45, 2.75) is 56.5 Å². The second-order valence-electron chi connectivity index (χ2n) is 5.46. The number of methoxy groups -OCH3 is 1. The fourth-order valence-electron chi connectivity index (χ4n) is 3.29. The van der Waals surface area contributed by atoms with Crippen LogP contribution in [0.3, 0.4) is 0 Å². The number of hydrogen-bond donors (Lipinski definition) is 2. The lowest BCUT2D eigenvalue weighted by atomic mass is 9.75. The van der Waals surface area contributed by atoms with Crippen LogP contribution in [0.15, 0.2) is 0 Å². The number of amides is 1. The van der Waals surface area contributed by atoms with Gasteiger partial charge in [-0.05, 0) is 32.2 Å². The summed E-state index contributed by atoms with van der Waals surface area (Å²) in [7, 11) is 1.56. The fraction of sp³-hybridized carbons (Fsp3) is 0.923. The summed E-state index contributed by atoms with van der Waals surface area (Å²) in [6, 6.07) is 0.331. The van der Waals surface area contributed by atoms with Crippen LogP contribution < -0.4 is 10.6 Å². The average molecular weight is 240 g/mol. The third kappa shape index (κ3) is 3.42. The van der Waals surface area contributed by atoms with Crippen LogP contribution in [0.5, 0.6) is 0 Å². The standard InChI is InChI=1S/C13H24N2O2/c1-17-10-12(16)15-11-5-8-14-13(9-11)6-3-2-4-7-13/h11,14H,2-10H2,1H3,(H,15,16). The topological polar surface area (TPSA) is 50.4 Å². The Morgan fingerprint density at radius 1 is 1.41 bits per heavy atom. The van der Waals surface area contributed by atoms with Crippen LogP contribution in [0.1, 0.15) is 44.9 Å². The second-order valence-corrected chi connectivity index (χ2v) is 5.46. The molecule has 4 heteroatoms. The molecule has 0 bridgehead atoms. The minimum absolute atomic E-state index is 0.0189. The van der Waals surface area contributed by atoms with Gasteiger partial charge >= 0.3 is 0 Å². The molecule has 98 valence electrons. The highest BCUT2D eigenvalue weighted by Gasteiger charge is 2.37. The van der Waals surface area contributed by atoms with Gasteiger partial charge in [-0.25, -0.2) is 0 Å². The normalized spacial score (nSPS) is 27.9. The molecule has 17 heavy (non-hydrogen) atoms. The Labute approximate surface area is 103 Å². The van der Waals surface area contributed by atoms with Gasteiger partial charge in [0.25, 0.3) is 0 Å². The Bertz CT molecular complexity index is 257. The van der Waals surface area contributed by atoms with Crippen molar-refractivity contribution in [2.75, 3.05) is 20.3 Å². The zero-order chi connectivity index (χ0) is 12.1. The number of carbonyl (C=O) groups excluding carboxylic acids is 1. The molecule has 4 nitrogen and oxygen atoms in total. The summed E-state index contributed by atoms with van der Waals surface area (Å²) in [5, 5.41) is 6.77. The van der Waals surface area contributed by atoms with Crippen LogP contribution in [0.25, 0.3) is 0 Å². The maximum atomic E-state index is 11.5. The van der Waals surface area contributed by atoms with Gasteiger partial charge in [-0.2, -0.15) is 0 Å². The van der Waals surface area contributed by atoms with Gasteiger partial charge in [0.15, 0.2) is 0 Å². The summed E-state index contributed by atoms with van der Waals surface area (Å²) in [6.07, 6.45) is 8.68. The number of piperidine rings is 1. The maximum absolute atomic E-state index is 11.5. The third-order valence-corrected chi connectivity index (χ3v) is 4.08. The lowest BCUT2D eigenvalue weighted by molar-refractivity contribution is -0.125. The molecule has 0 aromatic carbocycles.